The van der Waals surface area contributed by atoms with E-state index in [0.717, 1.165) is 0 Å². The minimum absolute atomic E-state index is 0.307. The summed E-state index contributed by atoms with van der Waals surface area (Å²) in [5.41, 5.74) is 2.55. The zero-order valence-corrected chi connectivity index (χ0v) is 16.0. The van der Waals surface area contributed by atoms with Crippen LogP contribution < -0.4 is 21.1 Å². The van der Waals surface area contributed by atoms with Crippen LogP contribution in [0.1, 0.15) is 20.7 Å². The summed E-state index contributed by atoms with van der Waals surface area (Å²) in [4.78, 5) is 42.1. The zero-order chi connectivity index (χ0) is 21.1. The molecule has 4 N–H and O–H groups in total. The van der Waals surface area contributed by atoms with Crippen LogP contribution in [0.25, 0.3) is 11.0 Å². The van der Waals surface area contributed by atoms with E-state index in [1.807, 2.05) is 0 Å². The number of para-hydroxylation sites is 1. The first-order chi connectivity index (χ1) is 14.5. The van der Waals surface area contributed by atoms with Crippen molar-refractivity contribution in [3.8, 4) is 5.75 Å². The molecule has 0 bridgehead atoms. The molecular formula is C22H18N4O4. The lowest BCUT2D eigenvalue weighted by Gasteiger charge is -2.12. The van der Waals surface area contributed by atoms with E-state index in [1.165, 1.54) is 0 Å². The van der Waals surface area contributed by atoms with E-state index in [-0.39, 0.29) is 11.6 Å². The largest absolute Gasteiger partial charge is 0.497 e. The molecule has 0 atom stereocenters. The molecule has 0 aliphatic heterocycles. The third kappa shape index (κ3) is 3.93. The number of benzene rings is 3. The maximum atomic E-state index is 12.8. The molecule has 1 heterocycles. The number of H-pyrrole nitrogens is 2. The number of nitrogens with one attached hydrogen (secondary N) is 4. The highest BCUT2D eigenvalue weighted by molar-refractivity contribution is 6.12. The summed E-state index contributed by atoms with van der Waals surface area (Å²) in [6, 6.07) is 18.4. The minimum atomic E-state index is -0.391. The number of carbonyl (C=O) groups excluding carboxylic acids is 2. The molecule has 0 unspecified atom stereocenters. The Morgan fingerprint density at radius 1 is 0.833 bits per heavy atom. The average molecular weight is 402 g/mol. The molecule has 4 rings (SSSR count). The lowest BCUT2D eigenvalue weighted by atomic mass is 10.1. The van der Waals surface area contributed by atoms with Gasteiger partial charge in [0.05, 0.1) is 29.4 Å². The van der Waals surface area contributed by atoms with E-state index in [0.29, 0.717) is 39.3 Å². The Kier molecular flexibility index (Phi) is 5.04. The Labute approximate surface area is 170 Å². The highest BCUT2D eigenvalue weighted by atomic mass is 16.5. The van der Waals surface area contributed by atoms with Gasteiger partial charge >= 0.3 is 5.69 Å². The number of amides is 2. The van der Waals surface area contributed by atoms with Crippen LogP contribution in [0.2, 0.25) is 0 Å². The summed E-state index contributed by atoms with van der Waals surface area (Å²) in [5.74, 6) is -0.0888. The van der Waals surface area contributed by atoms with E-state index < -0.39 is 5.91 Å². The molecule has 2 amide bonds. The van der Waals surface area contributed by atoms with Crippen LogP contribution in [0.15, 0.2) is 71.5 Å². The van der Waals surface area contributed by atoms with Gasteiger partial charge in [0.2, 0.25) is 0 Å². The molecule has 0 fully saturated rings. The minimum Gasteiger partial charge on any atom is -0.497 e. The molecule has 30 heavy (non-hydrogen) atoms. The standard InChI is InChI=1S/C22H18N4O4/c1-30-15-9-6-13(7-10-15)20(27)24-17-5-3-2-4-16(17)21(28)23-14-8-11-18-19(12-14)26-22(29)25-18/h2-12H,1H3,(H,23,28)(H,24,27)(H2,25,26,29). The fourth-order valence-electron chi connectivity index (χ4n) is 3.04. The van der Waals surface area contributed by atoms with Gasteiger partial charge < -0.3 is 25.3 Å². The van der Waals surface area contributed by atoms with Crippen LogP contribution in [0, 0.1) is 0 Å². The SMILES string of the molecule is COc1ccc(C(=O)Nc2ccccc2C(=O)Nc2ccc3[nH]c(=O)[nH]c3c2)cc1. The second-order valence-corrected chi connectivity index (χ2v) is 6.52. The van der Waals surface area contributed by atoms with Gasteiger partial charge in [-0.05, 0) is 54.6 Å². The van der Waals surface area contributed by atoms with E-state index in [9.17, 15) is 14.4 Å². The first-order valence-electron chi connectivity index (χ1n) is 9.11. The third-order valence-corrected chi connectivity index (χ3v) is 4.55. The van der Waals surface area contributed by atoms with E-state index in [2.05, 4.69) is 20.6 Å². The van der Waals surface area contributed by atoms with Crippen LogP contribution in [0.5, 0.6) is 5.75 Å². The highest BCUT2D eigenvalue weighted by Gasteiger charge is 2.15. The van der Waals surface area contributed by atoms with Crippen LogP contribution in [-0.2, 0) is 0 Å². The van der Waals surface area contributed by atoms with Gasteiger partial charge in [-0.3, -0.25) is 9.59 Å². The molecule has 150 valence electrons. The average Bonchev–Trinajstić information content (AvgIpc) is 3.13. The number of imidazole rings is 1. The molecular weight excluding hydrogens is 384 g/mol. The Morgan fingerprint density at radius 2 is 1.57 bits per heavy atom. The molecule has 0 saturated heterocycles. The lowest BCUT2D eigenvalue weighted by molar-refractivity contribution is 0.102. The van der Waals surface area contributed by atoms with Crippen LogP contribution in [0.3, 0.4) is 0 Å². The quantitative estimate of drug-likeness (QED) is 0.409. The molecule has 0 aliphatic carbocycles. The van der Waals surface area contributed by atoms with Crippen molar-refractivity contribution >= 4 is 34.2 Å². The van der Waals surface area contributed by atoms with Gasteiger partial charge in [-0.2, -0.15) is 0 Å². The van der Waals surface area contributed by atoms with Gasteiger partial charge in [0.1, 0.15) is 5.75 Å². The first-order valence-corrected chi connectivity index (χ1v) is 9.11. The Hall–Kier alpha value is -4.33. The summed E-state index contributed by atoms with van der Waals surface area (Å²) in [6.45, 7) is 0. The second kappa shape index (κ2) is 7.96. The zero-order valence-electron chi connectivity index (χ0n) is 16.0. The molecule has 0 radical (unpaired) electrons. The van der Waals surface area contributed by atoms with Gasteiger partial charge in [0.25, 0.3) is 11.8 Å². The fraction of sp³-hybridized carbons (Fsp3) is 0.0455. The van der Waals surface area contributed by atoms with Crippen molar-refractivity contribution in [2.75, 3.05) is 17.7 Å². The molecule has 0 spiro atoms. The number of methoxy groups -OCH3 is 1. The molecule has 1 aromatic heterocycles. The second-order valence-electron chi connectivity index (χ2n) is 6.52. The number of hydrogen-bond acceptors (Lipinski definition) is 4. The number of hydrogen-bond donors (Lipinski definition) is 4. The van der Waals surface area contributed by atoms with Gasteiger partial charge in [0.15, 0.2) is 0 Å². The number of fused-ring (bicyclic) bond motifs is 1. The smallest absolute Gasteiger partial charge is 0.323 e. The Bertz CT molecular complexity index is 1290. The van der Waals surface area contributed by atoms with Crippen molar-refractivity contribution < 1.29 is 14.3 Å². The van der Waals surface area contributed by atoms with Gasteiger partial charge in [-0.1, -0.05) is 12.1 Å². The molecule has 0 aliphatic rings. The number of carbonyl (C=O) groups is 2. The number of rotatable bonds is 5. The number of aromatic amines is 2. The number of aromatic nitrogens is 2. The molecule has 8 heteroatoms. The monoisotopic (exact) mass is 402 g/mol. The van der Waals surface area contributed by atoms with Crippen molar-refractivity contribution in [1.29, 1.82) is 0 Å². The predicted molar refractivity (Wildman–Crippen MR) is 114 cm³/mol. The lowest BCUT2D eigenvalue weighted by Crippen LogP contribution is -2.18. The van der Waals surface area contributed by atoms with E-state index in [1.54, 1.807) is 73.8 Å². The van der Waals surface area contributed by atoms with E-state index in [4.69, 9.17) is 4.74 Å². The van der Waals surface area contributed by atoms with Crippen molar-refractivity contribution in [1.82, 2.24) is 9.97 Å². The van der Waals surface area contributed by atoms with Gasteiger partial charge in [-0.15, -0.1) is 0 Å². The molecule has 0 saturated carbocycles. The van der Waals surface area contributed by atoms with Crippen LogP contribution in [-0.4, -0.2) is 28.9 Å². The Balaban J connectivity index is 1.54. The van der Waals surface area contributed by atoms with Crippen LogP contribution in [0.4, 0.5) is 11.4 Å². The van der Waals surface area contributed by atoms with Crippen molar-refractivity contribution in [2.24, 2.45) is 0 Å². The predicted octanol–water partition coefficient (Wildman–Crippen LogP) is 3.37. The normalized spacial score (nSPS) is 10.6. The van der Waals surface area contributed by atoms with Crippen molar-refractivity contribution in [2.45, 2.75) is 0 Å². The summed E-state index contributed by atoms with van der Waals surface area (Å²) in [6.07, 6.45) is 0. The molecule has 8 nitrogen and oxygen atoms in total. The summed E-state index contributed by atoms with van der Waals surface area (Å²) >= 11 is 0. The summed E-state index contributed by atoms with van der Waals surface area (Å²) < 4.78 is 5.10. The molecule has 4 aromatic rings. The van der Waals surface area contributed by atoms with Gasteiger partial charge in [-0.25, -0.2) is 4.79 Å². The van der Waals surface area contributed by atoms with Crippen LogP contribution >= 0.6 is 0 Å². The highest BCUT2D eigenvalue weighted by Crippen LogP contribution is 2.20. The number of anilines is 2. The number of ether oxygens (including phenoxy) is 1. The van der Waals surface area contributed by atoms with Gasteiger partial charge in [0, 0.05) is 11.3 Å². The fourth-order valence-corrected chi connectivity index (χ4v) is 3.04. The first kappa shape index (κ1) is 19.0. The Morgan fingerprint density at radius 3 is 2.33 bits per heavy atom. The third-order valence-electron chi connectivity index (χ3n) is 4.55. The van der Waals surface area contributed by atoms with Crippen molar-refractivity contribution in [3.05, 3.63) is 88.3 Å². The van der Waals surface area contributed by atoms with Crippen molar-refractivity contribution in [3.63, 3.8) is 0 Å². The topological polar surface area (TPSA) is 116 Å². The maximum Gasteiger partial charge on any atom is 0.323 e. The summed E-state index contributed by atoms with van der Waals surface area (Å²) in [5, 5.41) is 5.56. The van der Waals surface area contributed by atoms with E-state index >= 15 is 0 Å². The summed E-state index contributed by atoms with van der Waals surface area (Å²) in [7, 11) is 1.55. The maximum absolute atomic E-state index is 12.8. The molecule has 3 aromatic carbocycles.